The first-order valence-corrected chi connectivity index (χ1v) is 11.2. The molecule has 8 nitrogen and oxygen atoms in total. The molecule has 0 aliphatic carbocycles. The van der Waals surface area contributed by atoms with E-state index in [2.05, 4.69) is 20.1 Å². The van der Waals surface area contributed by atoms with Crippen molar-refractivity contribution in [1.29, 1.82) is 0 Å². The number of aryl methyl sites for hydroxylation is 1. The molecule has 0 spiro atoms. The standard InChI is InChI=1S/C19H27N5O3S/c1-3-23(4-2)28(26,27)16-10-8-9-15(13-16)19(25)20-14-18-22-21-17-11-6-5-7-12-24(17)18/h8-10,13H,3-7,11-12,14H2,1-2H3,(H,20,25). The molecule has 0 unspecified atom stereocenters. The van der Waals surface area contributed by atoms with Crippen LogP contribution in [0.3, 0.4) is 0 Å². The molecule has 0 bridgehead atoms. The van der Waals surface area contributed by atoms with Crippen LogP contribution >= 0.6 is 0 Å². The summed E-state index contributed by atoms with van der Waals surface area (Å²) in [6.07, 6.45) is 4.27. The van der Waals surface area contributed by atoms with Crippen molar-refractivity contribution in [3.05, 3.63) is 41.5 Å². The van der Waals surface area contributed by atoms with E-state index in [1.54, 1.807) is 26.0 Å². The number of rotatable bonds is 7. The third-order valence-corrected chi connectivity index (χ3v) is 7.08. The van der Waals surface area contributed by atoms with E-state index < -0.39 is 10.0 Å². The SMILES string of the molecule is CCN(CC)S(=O)(=O)c1cccc(C(=O)NCc2nnc3n2CCCCC3)c1. The normalized spacial score (nSPS) is 14.5. The number of carbonyl (C=O) groups is 1. The number of sulfonamides is 1. The average Bonchev–Trinajstić information content (AvgIpc) is 2.93. The second-order valence-corrected chi connectivity index (χ2v) is 8.73. The van der Waals surface area contributed by atoms with Crippen molar-refractivity contribution < 1.29 is 13.2 Å². The number of benzene rings is 1. The molecule has 0 fully saturated rings. The number of amides is 1. The van der Waals surface area contributed by atoms with Crippen LogP contribution < -0.4 is 5.32 Å². The highest BCUT2D eigenvalue weighted by Crippen LogP contribution is 2.17. The quantitative estimate of drug-likeness (QED) is 0.759. The highest BCUT2D eigenvalue weighted by atomic mass is 32.2. The smallest absolute Gasteiger partial charge is 0.251 e. The molecule has 1 amide bonds. The van der Waals surface area contributed by atoms with Crippen LogP contribution in [0.2, 0.25) is 0 Å². The lowest BCUT2D eigenvalue weighted by Crippen LogP contribution is -2.31. The summed E-state index contributed by atoms with van der Waals surface area (Å²) in [4.78, 5) is 12.7. The molecule has 1 N–H and O–H groups in total. The largest absolute Gasteiger partial charge is 0.345 e. The third-order valence-electron chi connectivity index (χ3n) is 5.03. The lowest BCUT2D eigenvalue weighted by atomic mass is 10.2. The van der Waals surface area contributed by atoms with Crippen molar-refractivity contribution >= 4 is 15.9 Å². The fourth-order valence-corrected chi connectivity index (χ4v) is 4.95. The van der Waals surface area contributed by atoms with Gasteiger partial charge in [-0.1, -0.05) is 26.3 Å². The molecule has 1 aliphatic heterocycles. The summed E-state index contributed by atoms with van der Waals surface area (Å²) in [6, 6.07) is 6.14. The van der Waals surface area contributed by atoms with E-state index in [0.717, 1.165) is 37.5 Å². The van der Waals surface area contributed by atoms with Crippen molar-refractivity contribution in [2.24, 2.45) is 0 Å². The number of carbonyl (C=O) groups excluding carboxylic acids is 1. The maximum atomic E-state index is 12.7. The van der Waals surface area contributed by atoms with Gasteiger partial charge < -0.3 is 9.88 Å². The van der Waals surface area contributed by atoms with Crippen LogP contribution in [-0.2, 0) is 29.5 Å². The monoisotopic (exact) mass is 405 g/mol. The summed E-state index contributed by atoms with van der Waals surface area (Å²) in [5, 5.41) is 11.3. The van der Waals surface area contributed by atoms with Gasteiger partial charge >= 0.3 is 0 Å². The molecule has 1 aromatic carbocycles. The second-order valence-electron chi connectivity index (χ2n) is 6.79. The zero-order chi connectivity index (χ0) is 20.1. The van der Waals surface area contributed by atoms with Crippen LogP contribution in [0.15, 0.2) is 29.2 Å². The molecule has 1 aliphatic rings. The van der Waals surface area contributed by atoms with E-state index in [0.29, 0.717) is 18.7 Å². The molecule has 0 saturated heterocycles. The van der Waals surface area contributed by atoms with Gasteiger partial charge in [0.25, 0.3) is 5.91 Å². The Bertz CT molecular complexity index is 935. The summed E-state index contributed by atoms with van der Waals surface area (Å²) in [5.74, 6) is 1.37. The van der Waals surface area contributed by atoms with Gasteiger partial charge in [-0.3, -0.25) is 4.79 Å². The van der Waals surface area contributed by atoms with Crippen LogP contribution in [0.4, 0.5) is 0 Å². The van der Waals surface area contributed by atoms with Gasteiger partial charge in [0.2, 0.25) is 10.0 Å². The predicted octanol–water partition coefficient (Wildman–Crippen LogP) is 1.96. The Labute approximate surface area is 166 Å². The topological polar surface area (TPSA) is 97.2 Å². The summed E-state index contributed by atoms with van der Waals surface area (Å²) >= 11 is 0. The molecule has 3 rings (SSSR count). The van der Waals surface area contributed by atoms with E-state index in [-0.39, 0.29) is 17.3 Å². The van der Waals surface area contributed by atoms with E-state index >= 15 is 0 Å². The van der Waals surface area contributed by atoms with Gasteiger partial charge in [0, 0.05) is 31.6 Å². The summed E-state index contributed by atoms with van der Waals surface area (Å²) < 4.78 is 28.8. The molecule has 2 aromatic rings. The molecule has 0 saturated carbocycles. The lowest BCUT2D eigenvalue weighted by molar-refractivity contribution is 0.0949. The van der Waals surface area contributed by atoms with E-state index in [1.165, 1.54) is 22.9 Å². The summed E-state index contributed by atoms with van der Waals surface area (Å²) in [6.45, 7) is 5.47. The van der Waals surface area contributed by atoms with Crippen molar-refractivity contribution in [3.63, 3.8) is 0 Å². The van der Waals surface area contributed by atoms with Gasteiger partial charge in [-0.15, -0.1) is 10.2 Å². The molecule has 0 radical (unpaired) electrons. The van der Waals surface area contributed by atoms with Gasteiger partial charge in [0.15, 0.2) is 5.82 Å². The highest BCUT2D eigenvalue weighted by Gasteiger charge is 2.23. The average molecular weight is 406 g/mol. The maximum Gasteiger partial charge on any atom is 0.251 e. The van der Waals surface area contributed by atoms with Gasteiger partial charge in [0.1, 0.15) is 5.82 Å². The van der Waals surface area contributed by atoms with E-state index in [9.17, 15) is 13.2 Å². The van der Waals surface area contributed by atoms with E-state index in [1.807, 2.05) is 0 Å². The third kappa shape index (κ3) is 4.25. The van der Waals surface area contributed by atoms with Crippen molar-refractivity contribution in [3.8, 4) is 0 Å². The molecule has 0 atom stereocenters. The van der Waals surface area contributed by atoms with Crippen LogP contribution in [0.25, 0.3) is 0 Å². The second kappa shape index (κ2) is 8.83. The van der Waals surface area contributed by atoms with Crippen molar-refractivity contribution in [2.75, 3.05) is 13.1 Å². The Kier molecular flexibility index (Phi) is 6.46. The fourth-order valence-electron chi connectivity index (χ4n) is 3.45. The van der Waals surface area contributed by atoms with Gasteiger partial charge in [0.05, 0.1) is 11.4 Å². The number of nitrogens with zero attached hydrogens (tertiary/aromatic N) is 4. The Hall–Kier alpha value is -2.26. The summed E-state index contributed by atoms with van der Waals surface area (Å²) in [5.41, 5.74) is 0.309. The Morgan fingerprint density at radius 1 is 1.18 bits per heavy atom. The molecular formula is C19H27N5O3S. The first-order chi connectivity index (χ1) is 13.5. The number of hydrogen-bond donors (Lipinski definition) is 1. The number of hydrogen-bond acceptors (Lipinski definition) is 5. The number of aromatic nitrogens is 3. The molecule has 28 heavy (non-hydrogen) atoms. The Balaban J connectivity index is 1.73. The van der Waals surface area contributed by atoms with Crippen LogP contribution in [-0.4, -0.2) is 46.5 Å². The highest BCUT2D eigenvalue weighted by molar-refractivity contribution is 7.89. The van der Waals surface area contributed by atoms with E-state index in [4.69, 9.17) is 0 Å². The molecular weight excluding hydrogens is 378 g/mol. The van der Waals surface area contributed by atoms with Crippen molar-refractivity contribution in [2.45, 2.75) is 57.5 Å². The van der Waals surface area contributed by atoms with Crippen LogP contribution in [0.1, 0.15) is 55.1 Å². The zero-order valence-electron chi connectivity index (χ0n) is 16.4. The molecule has 2 heterocycles. The van der Waals surface area contributed by atoms with Crippen LogP contribution in [0.5, 0.6) is 0 Å². The minimum atomic E-state index is -3.60. The molecule has 9 heteroatoms. The molecule has 1 aromatic heterocycles. The predicted molar refractivity (Wildman–Crippen MR) is 105 cm³/mol. The number of fused-ring (bicyclic) bond motifs is 1. The zero-order valence-corrected chi connectivity index (χ0v) is 17.2. The maximum absolute atomic E-state index is 12.7. The Morgan fingerprint density at radius 2 is 1.96 bits per heavy atom. The Morgan fingerprint density at radius 3 is 2.71 bits per heavy atom. The number of nitrogens with one attached hydrogen (secondary N) is 1. The van der Waals surface area contributed by atoms with Crippen molar-refractivity contribution in [1.82, 2.24) is 24.4 Å². The first-order valence-electron chi connectivity index (χ1n) is 9.76. The van der Waals surface area contributed by atoms with Gasteiger partial charge in [-0.25, -0.2) is 8.42 Å². The van der Waals surface area contributed by atoms with Gasteiger partial charge in [-0.05, 0) is 31.0 Å². The first kappa shape index (κ1) is 20.5. The minimum absolute atomic E-state index is 0.125. The summed E-state index contributed by atoms with van der Waals surface area (Å²) in [7, 11) is -3.60. The van der Waals surface area contributed by atoms with Gasteiger partial charge in [-0.2, -0.15) is 4.31 Å². The lowest BCUT2D eigenvalue weighted by Gasteiger charge is -2.18. The molecule has 152 valence electrons. The van der Waals surface area contributed by atoms with Crippen LogP contribution in [0, 0.1) is 0 Å². The fraction of sp³-hybridized carbons (Fsp3) is 0.526. The minimum Gasteiger partial charge on any atom is -0.345 e.